The molecule has 2 aromatic carbocycles. The van der Waals surface area contributed by atoms with Crippen LogP contribution in [0.1, 0.15) is 24.7 Å². The van der Waals surface area contributed by atoms with E-state index in [0.717, 1.165) is 55.1 Å². The number of rotatable bonds is 8. The third kappa shape index (κ3) is 4.33. The van der Waals surface area contributed by atoms with Gasteiger partial charge >= 0.3 is 0 Å². The predicted molar refractivity (Wildman–Crippen MR) is 93.7 cm³/mol. The van der Waals surface area contributed by atoms with Crippen LogP contribution in [0.25, 0.3) is 11.0 Å². The first-order valence-electron chi connectivity index (χ1n) is 8.21. The number of aromatic amines is 1. The molecule has 3 aromatic rings. The molecule has 0 unspecified atom stereocenters. The smallest absolute Gasteiger partial charge is 0.119 e. The van der Waals surface area contributed by atoms with Gasteiger partial charge in [0.1, 0.15) is 11.6 Å². The quantitative estimate of drug-likeness (QED) is 0.624. The number of ether oxygens (including phenoxy) is 1. The van der Waals surface area contributed by atoms with Gasteiger partial charge in [0.15, 0.2) is 0 Å². The van der Waals surface area contributed by atoms with E-state index in [2.05, 4.69) is 40.4 Å². The van der Waals surface area contributed by atoms with Crippen molar-refractivity contribution in [2.24, 2.45) is 0 Å². The molecule has 0 spiro atoms. The third-order valence-corrected chi connectivity index (χ3v) is 3.70. The van der Waals surface area contributed by atoms with Crippen LogP contribution in [0.3, 0.4) is 0 Å². The fraction of sp³-hybridized carbons (Fsp3) is 0.316. The van der Waals surface area contributed by atoms with Crippen LogP contribution in [0.5, 0.6) is 5.75 Å². The van der Waals surface area contributed by atoms with Crippen LogP contribution in [0.15, 0.2) is 48.5 Å². The van der Waals surface area contributed by atoms with Crippen molar-refractivity contribution in [2.75, 3.05) is 13.2 Å². The molecule has 0 amide bonds. The van der Waals surface area contributed by atoms with E-state index in [-0.39, 0.29) is 0 Å². The van der Waals surface area contributed by atoms with Gasteiger partial charge in [-0.3, -0.25) is 0 Å². The van der Waals surface area contributed by atoms with E-state index in [1.807, 2.05) is 30.3 Å². The van der Waals surface area contributed by atoms with Gasteiger partial charge in [-0.15, -0.1) is 0 Å². The van der Waals surface area contributed by atoms with Crippen molar-refractivity contribution in [2.45, 2.75) is 26.3 Å². The van der Waals surface area contributed by atoms with Crippen LogP contribution < -0.4 is 10.1 Å². The van der Waals surface area contributed by atoms with Gasteiger partial charge in [0.25, 0.3) is 0 Å². The van der Waals surface area contributed by atoms with E-state index in [4.69, 9.17) is 4.74 Å². The van der Waals surface area contributed by atoms with Crippen LogP contribution >= 0.6 is 0 Å². The Balaban J connectivity index is 1.44. The summed E-state index contributed by atoms with van der Waals surface area (Å²) < 4.78 is 5.59. The maximum atomic E-state index is 5.59. The molecule has 120 valence electrons. The number of benzene rings is 2. The lowest BCUT2D eigenvalue weighted by Gasteiger charge is -2.07. The molecule has 3 rings (SSSR count). The molecule has 0 bridgehead atoms. The number of imidazole rings is 1. The van der Waals surface area contributed by atoms with Crippen LogP contribution in [0, 0.1) is 0 Å². The van der Waals surface area contributed by atoms with Crippen molar-refractivity contribution in [1.29, 1.82) is 0 Å². The molecule has 1 aromatic heterocycles. The molecule has 23 heavy (non-hydrogen) atoms. The van der Waals surface area contributed by atoms with Gasteiger partial charge in [-0.05, 0) is 36.2 Å². The Labute approximate surface area is 136 Å². The summed E-state index contributed by atoms with van der Waals surface area (Å²) in [4.78, 5) is 7.94. The number of hydrogen-bond donors (Lipinski definition) is 2. The van der Waals surface area contributed by atoms with E-state index >= 15 is 0 Å². The number of aromatic nitrogens is 2. The fourth-order valence-electron chi connectivity index (χ4n) is 2.49. The van der Waals surface area contributed by atoms with Gasteiger partial charge in [-0.25, -0.2) is 4.98 Å². The summed E-state index contributed by atoms with van der Waals surface area (Å²) in [5.41, 5.74) is 3.40. The minimum absolute atomic E-state index is 0.773. The highest BCUT2D eigenvalue weighted by Gasteiger charge is 2.01. The Morgan fingerprint density at radius 3 is 2.70 bits per heavy atom. The summed E-state index contributed by atoms with van der Waals surface area (Å²) in [6.45, 7) is 4.64. The fourth-order valence-corrected chi connectivity index (χ4v) is 2.49. The highest BCUT2D eigenvalue weighted by Crippen LogP contribution is 2.13. The summed E-state index contributed by atoms with van der Waals surface area (Å²) in [6, 6.07) is 16.4. The lowest BCUT2D eigenvalue weighted by atomic mass is 10.2. The Bertz CT molecular complexity index is 701. The Hall–Kier alpha value is -2.33. The van der Waals surface area contributed by atoms with E-state index < -0.39 is 0 Å². The molecular weight excluding hydrogens is 286 g/mol. The summed E-state index contributed by atoms with van der Waals surface area (Å²) in [5.74, 6) is 1.97. The second-order valence-corrected chi connectivity index (χ2v) is 5.62. The first-order valence-corrected chi connectivity index (χ1v) is 8.21. The average Bonchev–Trinajstić information content (AvgIpc) is 3.01. The van der Waals surface area contributed by atoms with Crippen LogP contribution in [0.2, 0.25) is 0 Å². The van der Waals surface area contributed by atoms with E-state index in [0.29, 0.717) is 0 Å². The van der Waals surface area contributed by atoms with Crippen LogP contribution in [-0.2, 0) is 13.0 Å². The van der Waals surface area contributed by atoms with Crippen molar-refractivity contribution in [3.63, 3.8) is 0 Å². The Morgan fingerprint density at radius 2 is 1.91 bits per heavy atom. The average molecular weight is 309 g/mol. The topological polar surface area (TPSA) is 49.9 Å². The van der Waals surface area contributed by atoms with Crippen molar-refractivity contribution < 1.29 is 4.74 Å². The first-order chi connectivity index (χ1) is 11.3. The molecule has 0 atom stereocenters. The van der Waals surface area contributed by atoms with E-state index in [9.17, 15) is 0 Å². The normalized spacial score (nSPS) is 11.0. The molecule has 0 aliphatic heterocycles. The van der Waals surface area contributed by atoms with Crippen molar-refractivity contribution in [1.82, 2.24) is 15.3 Å². The second-order valence-electron chi connectivity index (χ2n) is 5.62. The zero-order valence-corrected chi connectivity index (χ0v) is 13.5. The zero-order chi connectivity index (χ0) is 15.9. The second kappa shape index (κ2) is 7.79. The van der Waals surface area contributed by atoms with E-state index in [1.165, 1.54) is 5.56 Å². The number of nitrogens with one attached hydrogen (secondary N) is 2. The Morgan fingerprint density at radius 1 is 1.09 bits per heavy atom. The predicted octanol–water partition coefficient (Wildman–Crippen LogP) is 3.68. The van der Waals surface area contributed by atoms with Gasteiger partial charge < -0.3 is 15.0 Å². The summed E-state index contributed by atoms with van der Waals surface area (Å²) in [6.07, 6.45) is 1.93. The van der Waals surface area contributed by atoms with Gasteiger partial charge in [0.2, 0.25) is 0 Å². The molecular formula is C19H23N3O. The molecule has 1 heterocycles. The summed E-state index contributed by atoms with van der Waals surface area (Å²) in [7, 11) is 0. The maximum absolute atomic E-state index is 5.59. The monoisotopic (exact) mass is 309 g/mol. The van der Waals surface area contributed by atoms with Crippen molar-refractivity contribution in [3.8, 4) is 5.75 Å². The molecule has 0 aliphatic carbocycles. The highest BCUT2D eigenvalue weighted by molar-refractivity contribution is 5.74. The Kier molecular flexibility index (Phi) is 5.27. The van der Waals surface area contributed by atoms with E-state index in [1.54, 1.807) is 0 Å². The molecule has 0 fully saturated rings. The van der Waals surface area contributed by atoms with Crippen LogP contribution in [-0.4, -0.2) is 23.1 Å². The first kappa shape index (κ1) is 15.6. The van der Waals surface area contributed by atoms with Crippen molar-refractivity contribution >= 4 is 11.0 Å². The zero-order valence-electron chi connectivity index (χ0n) is 13.5. The standard InChI is InChI=1S/C19H23N3O/c1-2-13-23-16-9-7-15(8-10-16)14-20-12-11-19-21-17-5-3-4-6-18(17)22-19/h3-10,20H,2,11-14H2,1H3,(H,21,22). The molecule has 4 nitrogen and oxygen atoms in total. The molecule has 2 N–H and O–H groups in total. The largest absolute Gasteiger partial charge is 0.494 e. The number of fused-ring (bicyclic) bond motifs is 1. The molecule has 0 saturated carbocycles. The lowest BCUT2D eigenvalue weighted by Crippen LogP contribution is -2.17. The molecule has 0 radical (unpaired) electrons. The summed E-state index contributed by atoms with van der Waals surface area (Å²) >= 11 is 0. The van der Waals surface area contributed by atoms with Crippen molar-refractivity contribution in [3.05, 3.63) is 59.9 Å². The molecule has 0 saturated heterocycles. The van der Waals surface area contributed by atoms with Gasteiger partial charge in [-0.1, -0.05) is 31.2 Å². The van der Waals surface area contributed by atoms with Crippen LogP contribution in [0.4, 0.5) is 0 Å². The SMILES string of the molecule is CCCOc1ccc(CNCCc2nc3ccccc3[nH]2)cc1. The molecule has 0 aliphatic rings. The lowest BCUT2D eigenvalue weighted by molar-refractivity contribution is 0.317. The number of hydrogen-bond acceptors (Lipinski definition) is 3. The van der Waals surface area contributed by atoms with Gasteiger partial charge in [0.05, 0.1) is 17.6 Å². The summed E-state index contributed by atoms with van der Waals surface area (Å²) in [5, 5.41) is 3.46. The highest BCUT2D eigenvalue weighted by atomic mass is 16.5. The number of nitrogens with zero attached hydrogens (tertiary/aromatic N) is 1. The van der Waals surface area contributed by atoms with Gasteiger partial charge in [-0.2, -0.15) is 0 Å². The minimum atomic E-state index is 0.773. The molecule has 4 heteroatoms. The number of H-pyrrole nitrogens is 1. The third-order valence-electron chi connectivity index (χ3n) is 3.70. The minimum Gasteiger partial charge on any atom is -0.494 e. The maximum Gasteiger partial charge on any atom is 0.119 e. The number of para-hydroxylation sites is 2. The van der Waals surface area contributed by atoms with Gasteiger partial charge in [0, 0.05) is 19.5 Å².